The highest BCUT2D eigenvalue weighted by Crippen LogP contribution is 2.32. The number of hydrogen-bond acceptors (Lipinski definition) is 7. The number of sulfone groups is 1. The highest BCUT2D eigenvalue weighted by atomic mass is 35.5. The Balaban J connectivity index is 2.12. The second kappa shape index (κ2) is 7.69. The highest BCUT2D eigenvalue weighted by molar-refractivity contribution is 7.90. The molecule has 9 heteroatoms. The summed E-state index contributed by atoms with van der Waals surface area (Å²) in [4.78, 5) is 13.5. The van der Waals surface area contributed by atoms with Crippen LogP contribution in [0.15, 0.2) is 41.7 Å². The lowest BCUT2D eigenvalue weighted by atomic mass is 10.1. The first-order chi connectivity index (χ1) is 12.4. The number of thiazole rings is 1. The van der Waals surface area contributed by atoms with Crippen LogP contribution < -0.4 is 5.32 Å². The first-order valence-corrected chi connectivity index (χ1v) is 11.0. The molecule has 6 nitrogen and oxygen atoms in total. The van der Waals surface area contributed by atoms with Gasteiger partial charge >= 0.3 is 0 Å². The Hall–Kier alpha value is -2.03. The molecule has 0 aliphatic carbocycles. The molecule has 0 aliphatic rings. The number of rotatable bonds is 6. The fraction of sp³-hybridized carbons (Fsp3) is 0.235. The number of aromatic nitrogens is 3. The molecule has 136 valence electrons. The fourth-order valence-corrected chi connectivity index (χ4v) is 3.79. The maximum Gasteiger partial charge on any atom is 0.247 e. The highest BCUT2D eigenvalue weighted by Gasteiger charge is 2.18. The Morgan fingerprint density at radius 1 is 1.19 bits per heavy atom. The first kappa shape index (κ1) is 18.8. The first-order valence-electron chi connectivity index (χ1n) is 7.92. The summed E-state index contributed by atoms with van der Waals surface area (Å²) in [5, 5.41) is 4.23. The average molecular weight is 409 g/mol. The van der Waals surface area contributed by atoms with Crippen LogP contribution in [0.1, 0.15) is 13.3 Å². The van der Waals surface area contributed by atoms with E-state index < -0.39 is 9.84 Å². The Labute approximate surface area is 161 Å². The fourth-order valence-electron chi connectivity index (χ4n) is 2.23. The number of hydrogen-bond donors (Lipinski definition) is 1. The van der Waals surface area contributed by atoms with E-state index in [4.69, 9.17) is 11.6 Å². The molecule has 0 aliphatic heterocycles. The van der Waals surface area contributed by atoms with Gasteiger partial charge in [0.2, 0.25) is 15.0 Å². The van der Waals surface area contributed by atoms with E-state index in [-0.39, 0.29) is 5.16 Å². The van der Waals surface area contributed by atoms with Gasteiger partial charge in [0.15, 0.2) is 5.13 Å². The van der Waals surface area contributed by atoms with E-state index >= 15 is 0 Å². The quantitative estimate of drug-likeness (QED) is 0.617. The van der Waals surface area contributed by atoms with Crippen LogP contribution in [0.2, 0.25) is 5.02 Å². The molecule has 26 heavy (non-hydrogen) atoms. The number of nitrogens with zero attached hydrogens (tertiary/aromatic N) is 3. The SMILES string of the molecule is CCCNc1ncc(-c2cc(-c3ccccc3Cl)nc(S(C)(=O)=O)n2)s1. The van der Waals surface area contributed by atoms with Crippen molar-refractivity contribution in [3.63, 3.8) is 0 Å². The van der Waals surface area contributed by atoms with Crippen LogP contribution in [0.3, 0.4) is 0 Å². The molecule has 0 atom stereocenters. The van der Waals surface area contributed by atoms with Gasteiger partial charge in [0.05, 0.1) is 16.3 Å². The Bertz CT molecular complexity index is 1030. The number of nitrogens with one attached hydrogen (secondary N) is 1. The Morgan fingerprint density at radius 2 is 1.92 bits per heavy atom. The van der Waals surface area contributed by atoms with E-state index in [0.29, 0.717) is 22.0 Å². The second-order valence-corrected chi connectivity index (χ2v) is 8.98. The minimum Gasteiger partial charge on any atom is -0.362 e. The summed E-state index contributed by atoms with van der Waals surface area (Å²) in [6, 6.07) is 8.88. The standard InChI is InChI=1S/C17H17ClN4O2S2/c1-3-8-19-16-20-10-15(25-16)14-9-13(11-6-4-5-7-12(11)18)21-17(22-14)26(2,23)24/h4-7,9-10H,3,8H2,1-2H3,(H,19,20). The van der Waals surface area contributed by atoms with Crippen molar-refractivity contribution in [3.05, 3.63) is 41.6 Å². The van der Waals surface area contributed by atoms with Gasteiger partial charge in [-0.1, -0.05) is 48.1 Å². The molecule has 0 saturated carbocycles. The van der Waals surface area contributed by atoms with Gasteiger partial charge in [-0.25, -0.2) is 23.4 Å². The van der Waals surface area contributed by atoms with Crippen LogP contribution in [0.4, 0.5) is 5.13 Å². The third kappa shape index (κ3) is 4.20. The summed E-state index contributed by atoms with van der Waals surface area (Å²) in [7, 11) is -3.58. The maximum absolute atomic E-state index is 12.0. The molecule has 3 rings (SSSR count). The molecule has 0 fully saturated rings. The molecule has 2 heterocycles. The van der Waals surface area contributed by atoms with E-state index in [1.165, 1.54) is 11.3 Å². The smallest absolute Gasteiger partial charge is 0.247 e. The van der Waals surface area contributed by atoms with Crippen LogP contribution in [0, 0.1) is 0 Å². The topological polar surface area (TPSA) is 84.8 Å². The summed E-state index contributed by atoms with van der Waals surface area (Å²) >= 11 is 7.67. The van der Waals surface area contributed by atoms with E-state index in [0.717, 1.165) is 29.2 Å². The van der Waals surface area contributed by atoms with Gasteiger partial charge < -0.3 is 5.32 Å². The van der Waals surface area contributed by atoms with Crippen LogP contribution >= 0.6 is 22.9 Å². The van der Waals surface area contributed by atoms with Crippen LogP contribution in [-0.2, 0) is 9.84 Å². The molecular weight excluding hydrogens is 392 g/mol. The lowest BCUT2D eigenvalue weighted by Crippen LogP contribution is -2.06. The van der Waals surface area contributed by atoms with Crippen molar-refractivity contribution in [1.29, 1.82) is 0 Å². The zero-order valence-corrected chi connectivity index (χ0v) is 16.6. The van der Waals surface area contributed by atoms with Gasteiger partial charge in [0.1, 0.15) is 0 Å². The largest absolute Gasteiger partial charge is 0.362 e. The molecule has 0 saturated heterocycles. The van der Waals surface area contributed by atoms with Crippen molar-refractivity contribution >= 4 is 37.9 Å². The summed E-state index contributed by atoms with van der Waals surface area (Å²) in [6.07, 6.45) is 3.74. The van der Waals surface area contributed by atoms with Gasteiger partial charge in [0, 0.05) is 29.6 Å². The Kier molecular flexibility index (Phi) is 5.55. The van der Waals surface area contributed by atoms with Gasteiger partial charge in [0.25, 0.3) is 0 Å². The number of halogens is 1. The van der Waals surface area contributed by atoms with E-state index in [9.17, 15) is 8.42 Å². The van der Waals surface area contributed by atoms with Crippen molar-refractivity contribution in [2.75, 3.05) is 18.1 Å². The molecule has 1 aromatic carbocycles. The maximum atomic E-state index is 12.0. The molecule has 0 unspecified atom stereocenters. The minimum atomic E-state index is -3.58. The summed E-state index contributed by atoms with van der Waals surface area (Å²) in [5.74, 6) is 0. The predicted molar refractivity (Wildman–Crippen MR) is 105 cm³/mol. The van der Waals surface area contributed by atoms with Crippen molar-refractivity contribution in [2.45, 2.75) is 18.5 Å². The molecule has 0 amide bonds. The van der Waals surface area contributed by atoms with Crippen molar-refractivity contribution in [1.82, 2.24) is 15.0 Å². The normalized spacial score (nSPS) is 11.5. The van der Waals surface area contributed by atoms with Crippen LogP contribution in [0.25, 0.3) is 21.8 Å². The minimum absolute atomic E-state index is 0.235. The van der Waals surface area contributed by atoms with E-state index in [2.05, 4.69) is 27.2 Å². The summed E-state index contributed by atoms with van der Waals surface area (Å²) < 4.78 is 24.1. The molecule has 0 radical (unpaired) electrons. The lowest BCUT2D eigenvalue weighted by Gasteiger charge is -2.07. The van der Waals surface area contributed by atoms with Crippen LogP contribution in [0.5, 0.6) is 0 Å². The third-order valence-corrected chi connectivity index (χ3v) is 5.62. The van der Waals surface area contributed by atoms with Crippen LogP contribution in [-0.4, -0.2) is 36.2 Å². The molecule has 0 bridgehead atoms. The zero-order chi connectivity index (χ0) is 18.7. The van der Waals surface area contributed by atoms with E-state index in [1.54, 1.807) is 30.5 Å². The van der Waals surface area contributed by atoms with Crippen molar-refractivity contribution < 1.29 is 8.42 Å². The monoisotopic (exact) mass is 408 g/mol. The van der Waals surface area contributed by atoms with Gasteiger partial charge in [-0.05, 0) is 18.6 Å². The van der Waals surface area contributed by atoms with Crippen molar-refractivity contribution in [3.8, 4) is 21.8 Å². The molecule has 1 N–H and O–H groups in total. The summed E-state index contributed by atoms with van der Waals surface area (Å²) in [6.45, 7) is 2.89. The molecule has 0 spiro atoms. The van der Waals surface area contributed by atoms with Gasteiger partial charge in [-0.15, -0.1) is 0 Å². The summed E-state index contributed by atoms with van der Waals surface area (Å²) in [5.41, 5.74) is 1.60. The molecular formula is C17H17ClN4O2S2. The molecule has 3 aromatic rings. The zero-order valence-electron chi connectivity index (χ0n) is 14.2. The lowest BCUT2D eigenvalue weighted by molar-refractivity contribution is 0.593. The molecule has 2 aromatic heterocycles. The van der Waals surface area contributed by atoms with Gasteiger partial charge in [-0.3, -0.25) is 0 Å². The second-order valence-electron chi connectivity index (χ2n) is 5.63. The van der Waals surface area contributed by atoms with E-state index in [1.807, 2.05) is 6.07 Å². The average Bonchev–Trinajstić information content (AvgIpc) is 3.08. The number of anilines is 1. The number of benzene rings is 1. The third-order valence-electron chi connectivity index (χ3n) is 3.47. The van der Waals surface area contributed by atoms with Crippen molar-refractivity contribution in [2.24, 2.45) is 0 Å². The Morgan fingerprint density at radius 3 is 2.62 bits per heavy atom. The predicted octanol–water partition coefficient (Wildman–Crippen LogP) is 4.15. The van der Waals surface area contributed by atoms with Gasteiger partial charge in [-0.2, -0.15) is 0 Å².